The van der Waals surface area contributed by atoms with Crippen LogP contribution in [0.3, 0.4) is 0 Å². The lowest BCUT2D eigenvalue weighted by Crippen LogP contribution is -2.48. The SMILES string of the molecule is CC1N(C)C=CN1CC1(CC(=O)O)CCc2c(c3ccccc3n2C)C1=O. The van der Waals surface area contributed by atoms with Gasteiger partial charge >= 0.3 is 5.97 Å². The highest BCUT2D eigenvalue weighted by Crippen LogP contribution is 2.43. The van der Waals surface area contributed by atoms with Crippen molar-refractivity contribution in [1.82, 2.24) is 14.4 Å². The first-order valence-electron chi connectivity index (χ1n) is 9.33. The standard InChI is InChI=1S/C21H25N3O3/c1-14-22(2)10-11-24(14)13-21(12-18(25)26)9-8-17-19(20(21)27)15-6-4-5-7-16(15)23(17)3/h4-7,10-11,14H,8-9,12-13H2,1-3H3,(H,25,26). The third-order valence-electron chi connectivity index (χ3n) is 6.31. The number of hydrogen-bond acceptors (Lipinski definition) is 4. The Morgan fingerprint density at radius 2 is 2.00 bits per heavy atom. The number of carbonyl (C=O) groups excluding carboxylic acids is 1. The molecule has 0 radical (unpaired) electrons. The number of carbonyl (C=O) groups is 2. The van der Waals surface area contributed by atoms with Gasteiger partial charge in [0.25, 0.3) is 0 Å². The maximum absolute atomic E-state index is 13.7. The summed E-state index contributed by atoms with van der Waals surface area (Å²) in [4.78, 5) is 29.6. The fourth-order valence-electron chi connectivity index (χ4n) is 4.60. The van der Waals surface area contributed by atoms with E-state index in [1.807, 2.05) is 50.8 Å². The Bertz CT molecular complexity index is 961. The molecule has 2 aliphatic rings. The molecule has 6 nitrogen and oxygen atoms in total. The molecule has 1 aromatic heterocycles. The van der Waals surface area contributed by atoms with Crippen molar-refractivity contribution in [2.24, 2.45) is 12.5 Å². The van der Waals surface area contributed by atoms with Gasteiger partial charge in [0.2, 0.25) is 0 Å². The molecule has 0 saturated heterocycles. The van der Waals surface area contributed by atoms with E-state index in [1.165, 1.54) is 0 Å². The molecule has 0 bridgehead atoms. The number of hydrogen-bond donors (Lipinski definition) is 1. The predicted octanol–water partition coefficient (Wildman–Crippen LogP) is 2.83. The Morgan fingerprint density at radius 3 is 2.67 bits per heavy atom. The summed E-state index contributed by atoms with van der Waals surface area (Å²) in [5, 5.41) is 10.5. The molecule has 27 heavy (non-hydrogen) atoms. The second kappa shape index (κ2) is 6.15. The zero-order valence-electron chi connectivity index (χ0n) is 16.0. The topological polar surface area (TPSA) is 65.8 Å². The molecule has 0 fully saturated rings. The normalized spacial score (nSPS) is 24.7. The zero-order chi connectivity index (χ0) is 19.3. The molecule has 6 heteroatoms. The van der Waals surface area contributed by atoms with Crippen LogP contribution in [0.2, 0.25) is 0 Å². The van der Waals surface area contributed by atoms with Gasteiger partial charge in [-0.05, 0) is 25.8 Å². The summed E-state index contributed by atoms with van der Waals surface area (Å²) in [6.07, 6.45) is 5.15. The van der Waals surface area contributed by atoms with Crippen LogP contribution in [-0.2, 0) is 18.3 Å². The van der Waals surface area contributed by atoms with Crippen LogP contribution in [0, 0.1) is 5.41 Å². The average Bonchev–Trinajstić information content (AvgIpc) is 3.10. The number of nitrogens with zero attached hydrogens (tertiary/aromatic N) is 3. The Kier molecular flexibility index (Phi) is 4.02. The number of ketones is 1. The van der Waals surface area contributed by atoms with Crippen molar-refractivity contribution in [3.05, 3.63) is 47.9 Å². The summed E-state index contributed by atoms with van der Waals surface area (Å²) < 4.78 is 2.08. The Labute approximate surface area is 158 Å². The average molecular weight is 367 g/mol. The molecule has 2 aromatic rings. The second-order valence-electron chi connectivity index (χ2n) is 7.85. The Balaban J connectivity index is 1.80. The molecule has 2 atom stereocenters. The number of aromatic nitrogens is 1. The van der Waals surface area contributed by atoms with E-state index in [4.69, 9.17) is 0 Å². The minimum Gasteiger partial charge on any atom is -0.481 e. The third-order valence-corrected chi connectivity index (χ3v) is 6.31. The highest BCUT2D eigenvalue weighted by molar-refractivity contribution is 6.13. The quantitative estimate of drug-likeness (QED) is 0.900. The van der Waals surface area contributed by atoms with Gasteiger partial charge in [-0.25, -0.2) is 0 Å². The second-order valence-corrected chi connectivity index (χ2v) is 7.85. The molecule has 1 aliphatic carbocycles. The maximum atomic E-state index is 13.7. The first-order chi connectivity index (χ1) is 12.8. The number of carboxylic acids is 1. The van der Waals surface area contributed by atoms with Crippen LogP contribution in [0.1, 0.15) is 35.8 Å². The molecule has 1 aliphatic heterocycles. The lowest BCUT2D eigenvalue weighted by Gasteiger charge is -2.40. The molecule has 2 unspecified atom stereocenters. The van der Waals surface area contributed by atoms with Gasteiger partial charge in [-0.1, -0.05) is 18.2 Å². The third kappa shape index (κ3) is 2.62. The summed E-state index contributed by atoms with van der Waals surface area (Å²) in [5.74, 6) is -0.950. The Morgan fingerprint density at radius 1 is 1.26 bits per heavy atom. The van der Waals surface area contributed by atoms with Crippen LogP contribution in [0.15, 0.2) is 36.7 Å². The van der Waals surface area contributed by atoms with Crippen LogP contribution in [0.5, 0.6) is 0 Å². The van der Waals surface area contributed by atoms with E-state index in [2.05, 4.69) is 21.3 Å². The van der Waals surface area contributed by atoms with Crippen molar-refractivity contribution >= 4 is 22.7 Å². The Hall–Kier alpha value is -2.76. The van der Waals surface area contributed by atoms with Crippen LogP contribution >= 0.6 is 0 Å². The van der Waals surface area contributed by atoms with E-state index < -0.39 is 11.4 Å². The van der Waals surface area contributed by atoms with E-state index in [9.17, 15) is 14.7 Å². The first-order valence-corrected chi connectivity index (χ1v) is 9.33. The van der Waals surface area contributed by atoms with Crippen molar-refractivity contribution in [2.45, 2.75) is 32.4 Å². The number of aryl methyl sites for hydroxylation is 1. The van der Waals surface area contributed by atoms with E-state index in [0.717, 1.165) is 16.6 Å². The fourth-order valence-corrected chi connectivity index (χ4v) is 4.60. The van der Waals surface area contributed by atoms with Crippen LogP contribution in [-0.4, -0.2) is 51.0 Å². The maximum Gasteiger partial charge on any atom is 0.304 e. The molecular weight excluding hydrogens is 342 g/mol. The number of aliphatic carboxylic acids is 1. The summed E-state index contributed by atoms with van der Waals surface area (Å²) in [5.41, 5.74) is 1.84. The summed E-state index contributed by atoms with van der Waals surface area (Å²) in [6.45, 7) is 2.48. The predicted molar refractivity (Wildman–Crippen MR) is 103 cm³/mol. The van der Waals surface area contributed by atoms with Crippen LogP contribution < -0.4 is 0 Å². The molecule has 4 rings (SSSR count). The molecule has 0 spiro atoms. The van der Waals surface area contributed by atoms with Gasteiger partial charge in [-0.15, -0.1) is 0 Å². The minimum atomic E-state index is -0.920. The monoisotopic (exact) mass is 367 g/mol. The van der Waals surface area contributed by atoms with Crippen molar-refractivity contribution in [3.63, 3.8) is 0 Å². The van der Waals surface area contributed by atoms with Gasteiger partial charge in [-0.2, -0.15) is 0 Å². The molecular formula is C21H25N3O3. The number of para-hydroxylation sites is 1. The largest absolute Gasteiger partial charge is 0.481 e. The zero-order valence-corrected chi connectivity index (χ0v) is 16.0. The molecule has 0 amide bonds. The van der Waals surface area contributed by atoms with Crippen molar-refractivity contribution < 1.29 is 14.7 Å². The highest BCUT2D eigenvalue weighted by atomic mass is 16.4. The van der Waals surface area contributed by atoms with Gasteiger partial charge in [0, 0.05) is 55.2 Å². The van der Waals surface area contributed by atoms with Crippen molar-refractivity contribution in [1.29, 1.82) is 0 Å². The lowest BCUT2D eigenvalue weighted by atomic mass is 9.69. The van der Waals surface area contributed by atoms with E-state index >= 15 is 0 Å². The molecule has 1 aromatic carbocycles. The fraction of sp³-hybridized carbons (Fsp3) is 0.429. The van der Waals surface area contributed by atoms with E-state index in [0.29, 0.717) is 24.9 Å². The molecule has 1 N–H and O–H groups in total. The minimum absolute atomic E-state index is 0.0295. The van der Waals surface area contributed by atoms with Crippen molar-refractivity contribution in [2.75, 3.05) is 13.6 Å². The number of Topliss-reactive ketones (excluding diaryl/α,β-unsaturated/α-hetero) is 1. The molecule has 142 valence electrons. The summed E-state index contributed by atoms with van der Waals surface area (Å²) >= 11 is 0. The first kappa shape index (κ1) is 17.6. The van der Waals surface area contributed by atoms with E-state index in [1.54, 1.807) is 0 Å². The number of rotatable bonds is 4. The smallest absolute Gasteiger partial charge is 0.304 e. The number of benzene rings is 1. The summed E-state index contributed by atoms with van der Waals surface area (Å²) in [6, 6.07) is 7.88. The molecule has 2 heterocycles. The molecule has 0 saturated carbocycles. The lowest BCUT2D eigenvalue weighted by molar-refractivity contribution is -0.139. The van der Waals surface area contributed by atoms with E-state index in [-0.39, 0.29) is 18.4 Å². The van der Waals surface area contributed by atoms with Gasteiger partial charge in [0.15, 0.2) is 5.78 Å². The van der Waals surface area contributed by atoms with Crippen LogP contribution in [0.25, 0.3) is 10.9 Å². The highest BCUT2D eigenvalue weighted by Gasteiger charge is 2.47. The van der Waals surface area contributed by atoms with Crippen LogP contribution in [0.4, 0.5) is 0 Å². The van der Waals surface area contributed by atoms with Gasteiger partial charge in [-0.3, -0.25) is 9.59 Å². The number of carboxylic acid groups (broad SMARTS) is 1. The van der Waals surface area contributed by atoms with Gasteiger partial charge in [0.05, 0.1) is 18.0 Å². The summed E-state index contributed by atoms with van der Waals surface area (Å²) in [7, 11) is 3.97. The van der Waals surface area contributed by atoms with Gasteiger partial charge in [0.1, 0.15) is 0 Å². The number of fused-ring (bicyclic) bond motifs is 3. The van der Waals surface area contributed by atoms with Crippen molar-refractivity contribution in [3.8, 4) is 0 Å². The van der Waals surface area contributed by atoms with Gasteiger partial charge < -0.3 is 19.5 Å².